The summed E-state index contributed by atoms with van der Waals surface area (Å²) in [6, 6.07) is 11.2. The normalized spacial score (nSPS) is 21.9. The molecule has 7 nitrogen and oxygen atoms in total. The zero-order chi connectivity index (χ0) is 22.1. The lowest BCUT2D eigenvalue weighted by Crippen LogP contribution is -2.64. The second kappa shape index (κ2) is 8.37. The third kappa shape index (κ3) is 3.66. The highest BCUT2D eigenvalue weighted by Crippen LogP contribution is 2.34. The van der Waals surface area contributed by atoms with E-state index in [4.69, 9.17) is 8.83 Å². The third-order valence-corrected chi connectivity index (χ3v) is 6.85. The van der Waals surface area contributed by atoms with Crippen LogP contribution in [0, 0.1) is 0 Å². The highest BCUT2D eigenvalue weighted by Gasteiger charge is 2.48. The number of nitrogens with zero attached hydrogens (tertiary/aromatic N) is 2. The molecule has 7 heteroatoms. The molecule has 0 radical (unpaired) electrons. The lowest BCUT2D eigenvalue weighted by Gasteiger charge is -2.44. The average molecular weight is 436 g/mol. The first-order valence-electron chi connectivity index (χ1n) is 11.4. The summed E-state index contributed by atoms with van der Waals surface area (Å²) in [5.41, 5.74) is 0.274. The maximum absolute atomic E-state index is 13.7. The van der Waals surface area contributed by atoms with Crippen LogP contribution in [0.25, 0.3) is 11.5 Å². The Morgan fingerprint density at radius 1 is 1.03 bits per heavy atom. The Bertz CT molecular complexity index is 1070. The van der Waals surface area contributed by atoms with E-state index < -0.39 is 5.54 Å². The second-order valence-electron chi connectivity index (χ2n) is 9.07. The fraction of sp³-hybridized carbons (Fsp3) is 0.440. The van der Waals surface area contributed by atoms with Crippen molar-refractivity contribution in [2.45, 2.75) is 70.1 Å². The van der Waals surface area contributed by atoms with Crippen molar-refractivity contribution in [1.29, 1.82) is 0 Å². The van der Waals surface area contributed by atoms with Gasteiger partial charge in [0, 0.05) is 6.04 Å². The van der Waals surface area contributed by atoms with Gasteiger partial charge < -0.3 is 23.6 Å². The van der Waals surface area contributed by atoms with E-state index in [1.54, 1.807) is 29.6 Å². The second-order valence-corrected chi connectivity index (χ2v) is 9.07. The summed E-state index contributed by atoms with van der Waals surface area (Å²) in [6.07, 6.45) is 9.85. The Hall–Kier alpha value is -3.22. The van der Waals surface area contributed by atoms with Gasteiger partial charge in [-0.2, -0.15) is 0 Å². The van der Waals surface area contributed by atoms with Gasteiger partial charge in [-0.25, -0.2) is 0 Å². The molecule has 3 aromatic rings. The van der Waals surface area contributed by atoms with Gasteiger partial charge in [-0.15, -0.1) is 0 Å². The molecule has 5 rings (SSSR count). The van der Waals surface area contributed by atoms with Gasteiger partial charge in [0.1, 0.15) is 22.8 Å². The molecule has 0 spiro atoms. The predicted octanol–water partition coefficient (Wildman–Crippen LogP) is 4.59. The topological polar surface area (TPSA) is 80.6 Å². The number of hydrogen-bond donors (Lipinski definition) is 1. The number of aromatic nitrogens is 1. The standard InChI is InChI=1S/C25H29N3O4/c1-25(24(30)26-18-8-4-2-3-5-9-18)17-27-20(22-11-7-15-32-22)12-13-21(27)23(29)28(25)16-19-10-6-14-31-19/h6-7,10-15,18H,2-5,8-9,16-17H2,1H3,(H,26,30)/t25-/m1/s1. The number of carbonyl (C=O) groups is 2. The predicted molar refractivity (Wildman–Crippen MR) is 119 cm³/mol. The van der Waals surface area contributed by atoms with Crippen LogP contribution in [0.15, 0.2) is 57.8 Å². The molecule has 3 aromatic heterocycles. The van der Waals surface area contributed by atoms with Gasteiger partial charge >= 0.3 is 0 Å². The molecule has 32 heavy (non-hydrogen) atoms. The molecule has 0 aromatic carbocycles. The van der Waals surface area contributed by atoms with Crippen molar-refractivity contribution in [1.82, 2.24) is 14.8 Å². The summed E-state index contributed by atoms with van der Waals surface area (Å²) in [4.78, 5) is 29.0. The van der Waals surface area contributed by atoms with Crippen molar-refractivity contribution in [3.8, 4) is 11.5 Å². The van der Waals surface area contributed by atoms with Crippen LogP contribution < -0.4 is 5.32 Å². The lowest BCUT2D eigenvalue weighted by atomic mass is 9.93. The average Bonchev–Trinajstić information content (AvgIpc) is 3.52. The largest absolute Gasteiger partial charge is 0.467 e. The Morgan fingerprint density at radius 2 is 1.75 bits per heavy atom. The maximum Gasteiger partial charge on any atom is 0.271 e. The molecule has 2 amide bonds. The summed E-state index contributed by atoms with van der Waals surface area (Å²) in [5, 5.41) is 3.28. The number of furan rings is 2. The SMILES string of the molecule is C[C@]1(C(=O)NC2CCCCCC2)Cn2c(ccc2-c2ccco2)C(=O)N1Cc1ccco1. The fourth-order valence-corrected chi connectivity index (χ4v) is 4.98. The minimum absolute atomic E-state index is 0.117. The third-order valence-electron chi connectivity index (χ3n) is 6.85. The number of rotatable bonds is 5. The molecule has 0 bridgehead atoms. The molecule has 0 unspecified atom stereocenters. The van der Waals surface area contributed by atoms with E-state index in [2.05, 4.69) is 5.32 Å². The smallest absolute Gasteiger partial charge is 0.271 e. The molecular formula is C25H29N3O4. The Balaban J connectivity index is 1.51. The first kappa shape index (κ1) is 20.7. The van der Waals surface area contributed by atoms with E-state index >= 15 is 0 Å². The monoisotopic (exact) mass is 435 g/mol. The van der Waals surface area contributed by atoms with Crippen LogP contribution in [0.2, 0.25) is 0 Å². The van der Waals surface area contributed by atoms with Gasteiger partial charge in [0.2, 0.25) is 5.91 Å². The molecule has 1 fully saturated rings. The van der Waals surface area contributed by atoms with Crippen molar-refractivity contribution >= 4 is 11.8 Å². The van der Waals surface area contributed by atoms with Crippen LogP contribution in [-0.2, 0) is 17.9 Å². The lowest BCUT2D eigenvalue weighted by molar-refractivity contribution is -0.134. The van der Waals surface area contributed by atoms with E-state index in [0.717, 1.165) is 31.4 Å². The molecule has 1 N–H and O–H groups in total. The molecule has 0 saturated heterocycles. The van der Waals surface area contributed by atoms with E-state index in [-0.39, 0.29) is 24.4 Å². The van der Waals surface area contributed by atoms with Crippen molar-refractivity contribution in [3.63, 3.8) is 0 Å². The van der Waals surface area contributed by atoms with Crippen LogP contribution in [0.1, 0.15) is 61.7 Å². The minimum atomic E-state index is -1.07. The van der Waals surface area contributed by atoms with E-state index in [1.807, 2.05) is 35.8 Å². The van der Waals surface area contributed by atoms with E-state index in [9.17, 15) is 9.59 Å². The molecule has 1 aliphatic heterocycles. The Labute approximate surface area is 187 Å². The Kier molecular flexibility index (Phi) is 5.41. The molecular weight excluding hydrogens is 406 g/mol. The van der Waals surface area contributed by atoms with Crippen LogP contribution >= 0.6 is 0 Å². The van der Waals surface area contributed by atoms with Crippen LogP contribution in [0.5, 0.6) is 0 Å². The van der Waals surface area contributed by atoms with Gasteiger partial charge in [0.05, 0.1) is 31.3 Å². The summed E-state index contributed by atoms with van der Waals surface area (Å²) in [5.74, 6) is 1.02. The molecule has 1 aliphatic carbocycles. The number of fused-ring (bicyclic) bond motifs is 1. The van der Waals surface area contributed by atoms with Gasteiger partial charge in [0.15, 0.2) is 0 Å². The highest BCUT2D eigenvalue weighted by atomic mass is 16.3. The van der Waals surface area contributed by atoms with E-state index in [0.29, 0.717) is 23.8 Å². The van der Waals surface area contributed by atoms with Crippen molar-refractivity contribution < 1.29 is 18.4 Å². The Morgan fingerprint density at radius 3 is 2.44 bits per heavy atom. The molecule has 2 aliphatic rings. The number of hydrogen-bond acceptors (Lipinski definition) is 4. The maximum atomic E-state index is 13.7. The van der Waals surface area contributed by atoms with E-state index in [1.165, 1.54) is 12.8 Å². The van der Waals surface area contributed by atoms with Crippen molar-refractivity contribution in [2.24, 2.45) is 0 Å². The summed E-state index contributed by atoms with van der Waals surface area (Å²) in [7, 11) is 0. The van der Waals surface area contributed by atoms with Crippen LogP contribution in [0.3, 0.4) is 0 Å². The first-order valence-corrected chi connectivity index (χ1v) is 11.4. The zero-order valence-electron chi connectivity index (χ0n) is 18.4. The van der Waals surface area contributed by atoms with Gasteiger partial charge in [-0.1, -0.05) is 25.7 Å². The number of amides is 2. The zero-order valence-corrected chi connectivity index (χ0v) is 18.4. The molecule has 168 valence electrons. The quantitative estimate of drug-likeness (QED) is 0.594. The highest BCUT2D eigenvalue weighted by molar-refractivity contribution is 6.00. The van der Waals surface area contributed by atoms with Crippen LogP contribution in [0.4, 0.5) is 0 Å². The van der Waals surface area contributed by atoms with Crippen molar-refractivity contribution in [2.75, 3.05) is 0 Å². The van der Waals surface area contributed by atoms with Crippen molar-refractivity contribution in [3.05, 3.63) is 60.4 Å². The fourth-order valence-electron chi connectivity index (χ4n) is 4.98. The summed E-state index contributed by atoms with van der Waals surface area (Å²) in [6.45, 7) is 2.44. The van der Waals surface area contributed by atoms with Crippen LogP contribution in [-0.4, -0.2) is 32.9 Å². The van der Waals surface area contributed by atoms with Gasteiger partial charge in [0.25, 0.3) is 5.91 Å². The first-order chi connectivity index (χ1) is 15.6. The van der Waals surface area contributed by atoms with Gasteiger partial charge in [-0.05, 0) is 56.2 Å². The minimum Gasteiger partial charge on any atom is -0.467 e. The molecule has 4 heterocycles. The summed E-state index contributed by atoms with van der Waals surface area (Å²) < 4.78 is 13.0. The molecule has 1 saturated carbocycles. The summed E-state index contributed by atoms with van der Waals surface area (Å²) >= 11 is 0. The number of carbonyl (C=O) groups excluding carboxylic acids is 2. The van der Waals surface area contributed by atoms with Gasteiger partial charge in [-0.3, -0.25) is 9.59 Å². The number of nitrogens with one attached hydrogen (secondary N) is 1. The molecule has 1 atom stereocenters.